The summed E-state index contributed by atoms with van der Waals surface area (Å²) in [5.41, 5.74) is -0.702. The predicted molar refractivity (Wildman–Crippen MR) is 60.6 cm³/mol. The van der Waals surface area contributed by atoms with Crippen LogP contribution >= 0.6 is 0 Å². The molecule has 2 N–H and O–H groups in total. The predicted octanol–water partition coefficient (Wildman–Crippen LogP) is -0.446. The number of amides is 1. The summed E-state index contributed by atoms with van der Waals surface area (Å²) in [7, 11) is -4.01. The molecule has 0 rings (SSSR count). The van der Waals surface area contributed by atoms with E-state index in [0.717, 1.165) is 6.08 Å². The van der Waals surface area contributed by atoms with Crippen molar-refractivity contribution in [3.8, 4) is 0 Å². The summed E-state index contributed by atoms with van der Waals surface area (Å²) < 4.78 is 29.8. The van der Waals surface area contributed by atoms with Crippen LogP contribution in [0.4, 0.5) is 0 Å². The first-order valence-corrected chi connectivity index (χ1v) is 5.63. The van der Waals surface area contributed by atoms with Gasteiger partial charge in [-0.25, -0.2) is 0 Å². The molecule has 0 bridgehead atoms. The van der Waals surface area contributed by atoms with Crippen LogP contribution in [0.5, 0.6) is 0 Å². The molecule has 0 unspecified atom stereocenters. The number of hydrogen-bond donors (Lipinski definition) is 2. The second-order valence-electron chi connectivity index (χ2n) is 3.81. The number of nitrogens with one attached hydrogen (secondary N) is 1. The van der Waals surface area contributed by atoms with Crippen LogP contribution in [0.3, 0.4) is 0 Å². The molecule has 0 aromatic rings. The summed E-state index contributed by atoms with van der Waals surface area (Å²) in [6.07, 6.45) is 1.10. The van der Waals surface area contributed by atoms with Crippen LogP contribution in [0.1, 0.15) is 13.8 Å². The van der Waals surface area contributed by atoms with E-state index >= 15 is 0 Å². The van der Waals surface area contributed by atoms with Crippen molar-refractivity contribution in [1.29, 1.82) is 0 Å². The Bertz CT molecular complexity index is 324. The molecule has 0 atom stereocenters. The molecule has 0 aliphatic carbocycles. The fourth-order valence-electron chi connectivity index (χ4n) is 0.943. The number of carbonyl (C=O) groups is 1. The molecule has 0 fully saturated rings. The van der Waals surface area contributed by atoms with E-state index < -0.39 is 21.3 Å². The topological polar surface area (TPSA) is 83.5 Å². The van der Waals surface area contributed by atoms with E-state index in [0.29, 0.717) is 0 Å². The fraction of sp³-hybridized carbons (Fsp3) is 0.625. The summed E-state index contributed by atoms with van der Waals surface area (Å²) in [4.78, 5) is 10.8. The van der Waals surface area contributed by atoms with Gasteiger partial charge in [-0.1, -0.05) is 20.4 Å². The van der Waals surface area contributed by atoms with Crippen molar-refractivity contribution in [2.75, 3.05) is 12.3 Å². The van der Waals surface area contributed by atoms with Crippen molar-refractivity contribution >= 4 is 67.4 Å². The van der Waals surface area contributed by atoms with Gasteiger partial charge in [0.15, 0.2) is 0 Å². The van der Waals surface area contributed by atoms with Crippen LogP contribution in [0.15, 0.2) is 12.7 Å². The fourth-order valence-corrected chi connectivity index (χ4v) is 2.03. The third kappa shape index (κ3) is 11.0. The van der Waals surface area contributed by atoms with Gasteiger partial charge >= 0.3 is 51.4 Å². The van der Waals surface area contributed by atoms with Crippen LogP contribution < -0.4 is 5.32 Å². The van der Waals surface area contributed by atoms with Gasteiger partial charge in [-0.2, -0.15) is 8.42 Å². The molecule has 0 aliphatic heterocycles. The average molecular weight is 261 g/mol. The van der Waals surface area contributed by atoms with Gasteiger partial charge in [0.1, 0.15) is 0 Å². The monoisotopic (exact) mass is 261 g/mol. The molecule has 0 radical (unpaired) electrons. The first-order valence-electron chi connectivity index (χ1n) is 4.02. The molecule has 0 saturated heterocycles. The summed E-state index contributed by atoms with van der Waals surface area (Å²) in [5, 5.41) is 2.46. The van der Waals surface area contributed by atoms with Gasteiger partial charge in [0.25, 0.3) is 10.1 Å². The average Bonchev–Trinajstić information content (AvgIpc) is 1.96. The van der Waals surface area contributed by atoms with Crippen LogP contribution in [-0.4, -0.2) is 82.6 Å². The molecule has 7 heteroatoms. The van der Waals surface area contributed by atoms with E-state index in [1.165, 1.54) is 0 Å². The Kier molecular flexibility index (Phi) is 8.65. The molecule has 0 aromatic carbocycles. The van der Waals surface area contributed by atoms with Gasteiger partial charge in [-0.05, 0) is 11.5 Å². The van der Waals surface area contributed by atoms with Crippen molar-refractivity contribution < 1.29 is 17.8 Å². The molecule has 0 aromatic heterocycles. The minimum atomic E-state index is -4.01. The molecular weight excluding hydrogens is 245 g/mol. The zero-order chi connectivity index (χ0) is 11.4. The van der Waals surface area contributed by atoms with Gasteiger partial charge in [0.2, 0.25) is 5.91 Å². The zero-order valence-corrected chi connectivity index (χ0v) is 9.10. The molecule has 1 amide bonds. The molecule has 15 heavy (non-hydrogen) atoms. The second-order valence-corrected chi connectivity index (χ2v) is 5.26. The van der Waals surface area contributed by atoms with Gasteiger partial charge in [-0.3, -0.25) is 9.35 Å². The Balaban J connectivity index is 0. The van der Waals surface area contributed by atoms with Gasteiger partial charge < -0.3 is 5.32 Å². The number of rotatable bonds is 5. The number of hydrogen-bond acceptors (Lipinski definition) is 3. The van der Waals surface area contributed by atoms with Crippen LogP contribution in [0.25, 0.3) is 0 Å². The summed E-state index contributed by atoms with van der Waals surface area (Å²) >= 11 is 0. The normalized spacial score (nSPS) is 11.4. The summed E-state index contributed by atoms with van der Waals surface area (Å²) in [6.45, 7) is 6.68. The summed E-state index contributed by atoms with van der Waals surface area (Å²) in [6, 6.07) is 0. The molecule has 5 nitrogen and oxygen atoms in total. The Morgan fingerprint density at radius 1 is 1.53 bits per heavy atom. The summed E-state index contributed by atoms with van der Waals surface area (Å²) in [5.74, 6) is -0.759. The van der Waals surface area contributed by atoms with Crippen LogP contribution in [-0.2, 0) is 14.9 Å². The van der Waals surface area contributed by atoms with E-state index in [-0.39, 0.29) is 63.8 Å². The van der Waals surface area contributed by atoms with E-state index in [4.69, 9.17) is 4.55 Å². The quantitative estimate of drug-likeness (QED) is 0.399. The van der Waals surface area contributed by atoms with Gasteiger partial charge in [0, 0.05) is 6.54 Å². The Morgan fingerprint density at radius 3 is 2.33 bits per heavy atom. The van der Waals surface area contributed by atoms with Crippen molar-refractivity contribution in [1.82, 2.24) is 5.32 Å². The molecule has 0 spiro atoms. The van der Waals surface area contributed by atoms with Crippen LogP contribution in [0, 0.1) is 5.41 Å². The van der Waals surface area contributed by atoms with Crippen molar-refractivity contribution in [3.05, 3.63) is 12.7 Å². The standard InChI is InChI=1S/C8H15NO4S.K.H/c1-4-7(10)9-5-8(2,3)6-14(11,12)13;;/h4H,1,5-6H2,2-3H3,(H,9,10)(H,11,12,13);;. The van der Waals surface area contributed by atoms with Gasteiger partial charge in [0.05, 0.1) is 5.75 Å². The van der Waals surface area contributed by atoms with Gasteiger partial charge in [-0.15, -0.1) is 0 Å². The van der Waals surface area contributed by atoms with E-state index in [1.54, 1.807) is 13.8 Å². The molecule has 84 valence electrons. The zero-order valence-electron chi connectivity index (χ0n) is 8.28. The minimum absolute atomic E-state index is 0. The second kappa shape index (κ2) is 7.15. The molecule has 0 heterocycles. The SMILES string of the molecule is C=CC(=O)NCC(C)(C)CS(=O)(=O)O.[KH]. The van der Waals surface area contributed by atoms with E-state index in [1.807, 2.05) is 0 Å². The Morgan fingerprint density at radius 2 is 2.00 bits per heavy atom. The maximum absolute atomic E-state index is 10.8. The van der Waals surface area contributed by atoms with E-state index in [2.05, 4.69) is 11.9 Å². The molecule has 0 aliphatic rings. The van der Waals surface area contributed by atoms with Crippen molar-refractivity contribution in [3.63, 3.8) is 0 Å². The van der Waals surface area contributed by atoms with Crippen molar-refractivity contribution in [2.45, 2.75) is 13.8 Å². The van der Waals surface area contributed by atoms with Crippen molar-refractivity contribution in [2.24, 2.45) is 5.41 Å². The van der Waals surface area contributed by atoms with Crippen LogP contribution in [0.2, 0.25) is 0 Å². The van der Waals surface area contributed by atoms with E-state index in [9.17, 15) is 13.2 Å². The number of carbonyl (C=O) groups excluding carboxylic acids is 1. The first-order chi connectivity index (χ1) is 6.16. The third-order valence-electron chi connectivity index (χ3n) is 1.50. The Labute approximate surface area is 133 Å². The molecule has 0 saturated carbocycles. The third-order valence-corrected chi connectivity index (χ3v) is 2.65. The molecular formula is C8H16KNO4S. The maximum atomic E-state index is 10.8. The Hall–Kier alpha value is 0.756. The first kappa shape index (κ1) is 18.1.